The number of sulfonamides is 1. The van der Waals surface area contributed by atoms with E-state index in [4.69, 9.17) is 4.52 Å². The van der Waals surface area contributed by atoms with Crippen molar-refractivity contribution in [3.05, 3.63) is 34.1 Å². The summed E-state index contributed by atoms with van der Waals surface area (Å²) in [4.78, 5) is 13.6. The predicted octanol–water partition coefficient (Wildman–Crippen LogP) is 3.65. The molecule has 0 spiro atoms. The summed E-state index contributed by atoms with van der Waals surface area (Å²) in [5.74, 6) is -0.368. The third-order valence-corrected chi connectivity index (χ3v) is 8.11. The van der Waals surface area contributed by atoms with E-state index in [0.29, 0.717) is 18.7 Å². The SMILES string of the molecule is CCOP1(=O)N=C(c2c(O)n(C(C)(C)C)n(CCC(C)(C)C)c2=O)Nc2ccc(NS(C)(=O)=O)cc21. The van der Waals surface area contributed by atoms with Crippen LogP contribution in [0.3, 0.4) is 0 Å². The molecule has 0 radical (unpaired) electrons. The third kappa shape index (κ3) is 5.87. The average Bonchev–Trinajstić information content (AvgIpc) is 2.95. The van der Waals surface area contributed by atoms with E-state index in [1.54, 1.807) is 6.92 Å². The zero-order valence-corrected chi connectivity index (χ0v) is 23.7. The predicted molar refractivity (Wildman–Crippen MR) is 143 cm³/mol. The Bertz CT molecular complexity index is 1410. The van der Waals surface area contributed by atoms with Crippen LogP contribution in [0.4, 0.5) is 11.4 Å². The number of anilines is 2. The highest BCUT2D eigenvalue weighted by Gasteiger charge is 2.38. The molecular weight excluding hydrogens is 505 g/mol. The molecule has 0 saturated heterocycles. The van der Waals surface area contributed by atoms with Crippen LogP contribution in [-0.4, -0.2) is 41.6 Å². The number of hydrogen-bond donors (Lipinski definition) is 3. The summed E-state index contributed by atoms with van der Waals surface area (Å²) in [6.07, 6.45) is 1.69. The number of nitrogens with one attached hydrogen (secondary N) is 2. The van der Waals surface area contributed by atoms with Gasteiger partial charge in [-0.2, -0.15) is 4.76 Å². The molecule has 1 aliphatic heterocycles. The number of rotatable bonds is 7. The molecular formula is C23H36N5O6PS. The monoisotopic (exact) mass is 541 g/mol. The fourth-order valence-corrected chi connectivity index (χ4v) is 6.30. The lowest BCUT2D eigenvalue weighted by Gasteiger charge is -2.27. The Hall–Kier alpha value is -2.56. The average molecular weight is 542 g/mol. The highest BCUT2D eigenvalue weighted by Crippen LogP contribution is 2.52. The number of amidine groups is 1. The molecule has 1 aliphatic rings. The second-order valence-corrected chi connectivity index (χ2v) is 14.8. The van der Waals surface area contributed by atoms with Crippen molar-refractivity contribution in [3.63, 3.8) is 0 Å². The molecule has 2 aromatic rings. The summed E-state index contributed by atoms with van der Waals surface area (Å²) < 4.78 is 52.5. The molecule has 1 atom stereocenters. The molecule has 36 heavy (non-hydrogen) atoms. The Labute approximate surface area is 212 Å². The summed E-state index contributed by atoms with van der Waals surface area (Å²) in [5.41, 5.74) is -0.739. The molecule has 3 rings (SSSR count). The molecule has 13 heteroatoms. The lowest BCUT2D eigenvalue weighted by molar-refractivity contribution is 0.228. The molecule has 1 aromatic heterocycles. The van der Waals surface area contributed by atoms with Gasteiger partial charge in [0, 0.05) is 12.2 Å². The molecule has 200 valence electrons. The van der Waals surface area contributed by atoms with E-state index < -0.39 is 28.6 Å². The van der Waals surface area contributed by atoms with Crippen molar-refractivity contribution < 1.29 is 22.6 Å². The van der Waals surface area contributed by atoms with Gasteiger partial charge in [-0.3, -0.25) is 14.1 Å². The van der Waals surface area contributed by atoms with E-state index in [1.807, 2.05) is 20.8 Å². The van der Waals surface area contributed by atoms with E-state index in [1.165, 1.54) is 27.6 Å². The quantitative estimate of drug-likeness (QED) is 0.454. The van der Waals surface area contributed by atoms with E-state index in [0.717, 1.165) is 6.26 Å². The minimum absolute atomic E-state index is 0.0515. The van der Waals surface area contributed by atoms with Crippen LogP contribution in [0.15, 0.2) is 27.8 Å². The van der Waals surface area contributed by atoms with Gasteiger partial charge in [0.05, 0.1) is 29.4 Å². The lowest BCUT2D eigenvalue weighted by Crippen LogP contribution is -2.35. The molecule has 0 bridgehead atoms. The lowest BCUT2D eigenvalue weighted by atomic mass is 9.92. The van der Waals surface area contributed by atoms with Gasteiger partial charge in [0.15, 0.2) is 5.84 Å². The minimum Gasteiger partial charge on any atom is -0.493 e. The minimum atomic E-state index is -3.92. The molecule has 1 unspecified atom stereocenters. The molecule has 1 aromatic carbocycles. The molecule has 11 nitrogen and oxygen atoms in total. The van der Waals surface area contributed by atoms with Gasteiger partial charge in [0.1, 0.15) is 5.56 Å². The van der Waals surface area contributed by atoms with Crippen molar-refractivity contribution in [3.8, 4) is 5.88 Å². The Kier molecular flexibility index (Phi) is 7.31. The van der Waals surface area contributed by atoms with Gasteiger partial charge >= 0.3 is 7.52 Å². The molecule has 0 fully saturated rings. The van der Waals surface area contributed by atoms with Crippen molar-refractivity contribution >= 4 is 40.1 Å². The molecule has 0 amide bonds. The van der Waals surface area contributed by atoms with Gasteiger partial charge in [-0.1, -0.05) is 20.8 Å². The van der Waals surface area contributed by atoms with Crippen molar-refractivity contribution in [2.75, 3.05) is 22.9 Å². The van der Waals surface area contributed by atoms with Gasteiger partial charge in [-0.15, -0.1) is 0 Å². The molecule has 3 N–H and O–H groups in total. The maximum absolute atomic E-state index is 13.9. The van der Waals surface area contributed by atoms with Crippen LogP contribution >= 0.6 is 7.52 Å². The van der Waals surface area contributed by atoms with Gasteiger partial charge in [-0.25, -0.2) is 17.8 Å². The number of nitrogens with zero attached hydrogens (tertiary/aromatic N) is 3. The van der Waals surface area contributed by atoms with Gasteiger partial charge in [-0.05, 0) is 57.7 Å². The fraction of sp³-hybridized carbons (Fsp3) is 0.565. The van der Waals surface area contributed by atoms with Crippen LogP contribution < -0.4 is 20.9 Å². The fourth-order valence-electron chi connectivity index (χ4n) is 3.94. The Morgan fingerprint density at radius 2 is 1.83 bits per heavy atom. The smallest absolute Gasteiger partial charge is 0.348 e. The number of aromatic hydroxyl groups is 1. The van der Waals surface area contributed by atoms with Crippen molar-refractivity contribution in [1.82, 2.24) is 9.36 Å². The topological polar surface area (TPSA) is 144 Å². The second-order valence-electron chi connectivity index (χ2n) is 11.0. The van der Waals surface area contributed by atoms with E-state index in [-0.39, 0.29) is 40.3 Å². The van der Waals surface area contributed by atoms with Crippen LogP contribution in [0.1, 0.15) is 60.5 Å². The number of hydrogen-bond acceptors (Lipinski definition) is 7. The van der Waals surface area contributed by atoms with Crippen molar-refractivity contribution in [2.45, 2.75) is 67.0 Å². The Balaban J connectivity index is 2.20. The normalized spacial score (nSPS) is 18.4. The first kappa shape index (κ1) is 28.0. The summed E-state index contributed by atoms with van der Waals surface area (Å²) >= 11 is 0. The number of aromatic nitrogens is 2. The number of benzene rings is 1. The summed E-state index contributed by atoms with van der Waals surface area (Å²) in [5, 5.41) is 14.4. The zero-order valence-electron chi connectivity index (χ0n) is 22.0. The van der Waals surface area contributed by atoms with Gasteiger partial charge < -0.3 is 14.9 Å². The van der Waals surface area contributed by atoms with E-state index >= 15 is 0 Å². The van der Waals surface area contributed by atoms with E-state index in [9.17, 15) is 22.9 Å². The van der Waals surface area contributed by atoms with Gasteiger partial charge in [0.2, 0.25) is 15.9 Å². The van der Waals surface area contributed by atoms with E-state index in [2.05, 4.69) is 35.6 Å². The highest BCUT2D eigenvalue weighted by molar-refractivity contribution is 7.92. The van der Waals surface area contributed by atoms with Crippen LogP contribution in [0, 0.1) is 5.41 Å². The summed E-state index contributed by atoms with van der Waals surface area (Å²) in [7, 11) is -7.49. The molecule has 0 aliphatic carbocycles. The first-order valence-corrected chi connectivity index (χ1v) is 15.1. The summed E-state index contributed by atoms with van der Waals surface area (Å²) in [6, 6.07) is 4.41. The maximum Gasteiger partial charge on any atom is 0.348 e. The zero-order chi connectivity index (χ0) is 27.3. The molecule has 2 heterocycles. The van der Waals surface area contributed by atoms with Gasteiger partial charge in [0.25, 0.3) is 5.56 Å². The Morgan fingerprint density at radius 3 is 2.36 bits per heavy atom. The Morgan fingerprint density at radius 1 is 1.19 bits per heavy atom. The maximum atomic E-state index is 13.9. The third-order valence-electron chi connectivity index (χ3n) is 5.45. The first-order valence-electron chi connectivity index (χ1n) is 11.7. The molecule has 0 saturated carbocycles. The van der Waals surface area contributed by atoms with Crippen molar-refractivity contribution in [1.29, 1.82) is 0 Å². The summed E-state index contributed by atoms with van der Waals surface area (Å²) in [6.45, 7) is 13.9. The van der Waals surface area contributed by atoms with Crippen molar-refractivity contribution in [2.24, 2.45) is 10.2 Å². The van der Waals surface area contributed by atoms with Crippen LogP contribution in [0.25, 0.3) is 0 Å². The standard InChI is InChI=1S/C23H36N5O6PS/c1-9-34-35(31)17-14-15(26-36(8,32)33)10-11-16(17)24-19(25-35)18-20(29)27(13-12-22(2,3)4)28(21(18)30)23(5,6)7/h10-11,14,26,30H,9,12-13H2,1-8H3,(H,24,25,31). The van der Waals surface area contributed by atoms with Crippen LogP contribution in [0.5, 0.6) is 5.88 Å². The van der Waals surface area contributed by atoms with Crippen LogP contribution in [0.2, 0.25) is 0 Å². The first-order chi connectivity index (χ1) is 16.4. The highest BCUT2D eigenvalue weighted by atomic mass is 32.2. The largest absolute Gasteiger partial charge is 0.493 e. The second kappa shape index (κ2) is 9.39. The number of fused-ring (bicyclic) bond motifs is 1. The van der Waals surface area contributed by atoms with Crippen LogP contribution in [-0.2, 0) is 31.2 Å².